The van der Waals surface area contributed by atoms with E-state index in [9.17, 15) is 24.0 Å². The fourth-order valence-electron chi connectivity index (χ4n) is 4.54. The van der Waals surface area contributed by atoms with Crippen LogP contribution in [-0.4, -0.2) is 71.6 Å². The highest BCUT2D eigenvalue weighted by atomic mass is 16.6. The summed E-state index contributed by atoms with van der Waals surface area (Å²) in [6, 6.07) is 7.83. The molecule has 1 aromatic carbocycles. The van der Waals surface area contributed by atoms with Gasteiger partial charge in [0.2, 0.25) is 5.91 Å². The monoisotopic (exact) mass is 500 g/mol. The van der Waals surface area contributed by atoms with Gasteiger partial charge < -0.3 is 19.1 Å². The normalized spacial score (nSPS) is 23.2. The summed E-state index contributed by atoms with van der Waals surface area (Å²) in [5.41, 5.74) is -1.88. The van der Waals surface area contributed by atoms with Gasteiger partial charge in [0, 0.05) is 25.6 Å². The fraction of sp³-hybridized carbons (Fsp3) is 0.500. The fourth-order valence-corrected chi connectivity index (χ4v) is 4.54. The van der Waals surface area contributed by atoms with Crippen molar-refractivity contribution in [2.24, 2.45) is 5.41 Å². The van der Waals surface area contributed by atoms with Crippen LogP contribution in [0.5, 0.6) is 0 Å². The van der Waals surface area contributed by atoms with Gasteiger partial charge in [-0.3, -0.25) is 9.59 Å². The highest BCUT2D eigenvalue weighted by Crippen LogP contribution is 2.48. The lowest BCUT2D eigenvalue weighted by Crippen LogP contribution is -2.54. The number of carbonyl (C=O) groups excluding carboxylic acids is 5. The number of ether oxygens (including phenoxy) is 3. The summed E-state index contributed by atoms with van der Waals surface area (Å²) in [4.78, 5) is 68.4. The van der Waals surface area contributed by atoms with Crippen molar-refractivity contribution in [2.45, 2.75) is 58.7 Å². The average molecular weight is 501 g/mol. The van der Waals surface area contributed by atoms with E-state index in [1.807, 2.05) is 30.3 Å². The SMILES string of the molecule is CCOC(=O)[C@H]1C[C@@]2(C(=O)N(Cc3ccccc3)CC/C2=C\C(=O)OC)C(=O)N1C(=O)OC(C)(C)C. The summed E-state index contributed by atoms with van der Waals surface area (Å²) in [7, 11) is 1.18. The second-order valence-corrected chi connectivity index (χ2v) is 9.69. The molecule has 10 nitrogen and oxygen atoms in total. The third-order valence-electron chi connectivity index (χ3n) is 6.11. The first kappa shape index (κ1) is 26.9. The molecule has 2 heterocycles. The van der Waals surface area contributed by atoms with Crippen molar-refractivity contribution in [1.29, 1.82) is 0 Å². The van der Waals surface area contributed by atoms with Gasteiger partial charge in [0.15, 0.2) is 5.41 Å². The van der Waals surface area contributed by atoms with Crippen molar-refractivity contribution < 1.29 is 38.2 Å². The molecule has 0 N–H and O–H groups in total. The molecule has 0 aliphatic carbocycles. The van der Waals surface area contributed by atoms with Crippen molar-refractivity contribution in [2.75, 3.05) is 20.3 Å². The van der Waals surface area contributed by atoms with Crippen LogP contribution in [0, 0.1) is 5.41 Å². The maximum atomic E-state index is 14.0. The molecule has 0 bridgehead atoms. The van der Waals surface area contributed by atoms with Gasteiger partial charge in [0.05, 0.1) is 13.7 Å². The third-order valence-corrected chi connectivity index (χ3v) is 6.11. The summed E-state index contributed by atoms with van der Waals surface area (Å²) in [5.74, 6) is -3.10. The van der Waals surface area contributed by atoms with Gasteiger partial charge in [0.1, 0.15) is 11.6 Å². The molecule has 0 saturated carbocycles. The molecular formula is C26H32N2O8. The Labute approximate surface area is 210 Å². The Bertz CT molecular complexity index is 1080. The van der Waals surface area contributed by atoms with Gasteiger partial charge in [0.25, 0.3) is 5.91 Å². The Morgan fingerprint density at radius 2 is 1.78 bits per heavy atom. The minimum absolute atomic E-state index is 0.0115. The van der Waals surface area contributed by atoms with E-state index >= 15 is 0 Å². The minimum Gasteiger partial charge on any atom is -0.466 e. The van der Waals surface area contributed by atoms with Crippen LogP contribution in [0.25, 0.3) is 0 Å². The lowest BCUT2D eigenvalue weighted by atomic mass is 9.72. The zero-order valence-electron chi connectivity index (χ0n) is 21.2. The maximum Gasteiger partial charge on any atom is 0.417 e. The molecule has 3 rings (SSSR count). The summed E-state index contributed by atoms with van der Waals surface area (Å²) in [5, 5.41) is 0. The summed E-state index contributed by atoms with van der Waals surface area (Å²) < 4.78 is 15.3. The number of rotatable bonds is 5. The highest BCUT2D eigenvalue weighted by Gasteiger charge is 2.65. The van der Waals surface area contributed by atoms with Crippen LogP contribution in [0.4, 0.5) is 4.79 Å². The number of nitrogens with zero attached hydrogens (tertiary/aromatic N) is 2. The van der Waals surface area contributed by atoms with E-state index in [0.717, 1.165) is 11.6 Å². The molecular weight excluding hydrogens is 468 g/mol. The number of piperidine rings is 1. The van der Waals surface area contributed by atoms with Gasteiger partial charge in [-0.25, -0.2) is 19.3 Å². The zero-order valence-corrected chi connectivity index (χ0v) is 21.2. The van der Waals surface area contributed by atoms with E-state index in [-0.39, 0.29) is 38.1 Å². The smallest absolute Gasteiger partial charge is 0.417 e. The van der Waals surface area contributed by atoms with E-state index in [2.05, 4.69) is 0 Å². The molecule has 3 amide bonds. The first-order chi connectivity index (χ1) is 16.9. The van der Waals surface area contributed by atoms with E-state index in [1.54, 1.807) is 27.7 Å². The first-order valence-electron chi connectivity index (χ1n) is 11.8. The van der Waals surface area contributed by atoms with E-state index in [4.69, 9.17) is 14.2 Å². The number of amides is 3. The van der Waals surface area contributed by atoms with Crippen molar-refractivity contribution in [3.63, 3.8) is 0 Å². The average Bonchev–Trinajstić information content (AvgIpc) is 3.12. The van der Waals surface area contributed by atoms with Crippen LogP contribution in [0.2, 0.25) is 0 Å². The molecule has 2 atom stereocenters. The molecule has 2 aliphatic rings. The summed E-state index contributed by atoms with van der Waals surface area (Å²) in [6.07, 6.45) is -0.141. The Kier molecular flexibility index (Phi) is 7.86. The van der Waals surface area contributed by atoms with Crippen LogP contribution in [0.3, 0.4) is 0 Å². The highest BCUT2D eigenvalue weighted by molar-refractivity contribution is 6.16. The summed E-state index contributed by atoms with van der Waals surface area (Å²) in [6.45, 7) is 6.93. The Balaban J connectivity index is 2.11. The van der Waals surface area contributed by atoms with E-state index < -0.39 is 46.9 Å². The van der Waals surface area contributed by atoms with Crippen molar-refractivity contribution in [1.82, 2.24) is 9.80 Å². The summed E-state index contributed by atoms with van der Waals surface area (Å²) >= 11 is 0. The first-order valence-corrected chi connectivity index (χ1v) is 11.8. The lowest BCUT2D eigenvalue weighted by Gasteiger charge is -2.40. The van der Waals surface area contributed by atoms with Crippen LogP contribution in [0.1, 0.15) is 46.1 Å². The Morgan fingerprint density at radius 3 is 2.36 bits per heavy atom. The minimum atomic E-state index is -1.95. The Morgan fingerprint density at radius 1 is 1.11 bits per heavy atom. The maximum absolute atomic E-state index is 14.0. The zero-order chi connectivity index (χ0) is 26.7. The second-order valence-electron chi connectivity index (χ2n) is 9.69. The number of esters is 2. The van der Waals surface area contributed by atoms with Gasteiger partial charge in [-0.1, -0.05) is 30.3 Å². The van der Waals surface area contributed by atoms with Gasteiger partial charge in [-0.15, -0.1) is 0 Å². The van der Waals surface area contributed by atoms with Gasteiger partial charge in [-0.05, 0) is 45.3 Å². The molecule has 1 spiro atoms. The van der Waals surface area contributed by atoms with Crippen molar-refractivity contribution in [3.8, 4) is 0 Å². The molecule has 0 aromatic heterocycles. The number of imide groups is 1. The molecule has 2 fully saturated rings. The van der Waals surface area contributed by atoms with Crippen molar-refractivity contribution in [3.05, 3.63) is 47.5 Å². The van der Waals surface area contributed by atoms with E-state index in [0.29, 0.717) is 4.90 Å². The molecule has 10 heteroatoms. The van der Waals surface area contributed by atoms with Crippen LogP contribution in [-0.2, 0) is 39.9 Å². The molecule has 0 unspecified atom stereocenters. The number of hydrogen-bond donors (Lipinski definition) is 0. The number of hydrogen-bond acceptors (Lipinski definition) is 8. The Hall–Kier alpha value is -3.69. The second kappa shape index (κ2) is 10.5. The van der Waals surface area contributed by atoms with Crippen LogP contribution >= 0.6 is 0 Å². The molecule has 1 aromatic rings. The van der Waals surface area contributed by atoms with Crippen molar-refractivity contribution >= 4 is 29.8 Å². The molecule has 2 aliphatic heterocycles. The number of likely N-dealkylation sites (tertiary alicyclic amines) is 2. The van der Waals surface area contributed by atoms with Gasteiger partial charge in [-0.2, -0.15) is 0 Å². The molecule has 36 heavy (non-hydrogen) atoms. The molecule has 0 radical (unpaired) electrons. The van der Waals surface area contributed by atoms with Crippen LogP contribution < -0.4 is 0 Å². The van der Waals surface area contributed by atoms with E-state index in [1.165, 1.54) is 12.0 Å². The number of benzene rings is 1. The predicted octanol–water partition coefficient (Wildman–Crippen LogP) is 2.60. The molecule has 2 saturated heterocycles. The lowest BCUT2D eigenvalue weighted by molar-refractivity contribution is -0.153. The standard InChI is InChI=1S/C26H32N2O8/c1-6-35-21(30)19-15-26(23(32)28(19)24(33)36-25(2,3)4)18(14-20(29)34-5)12-13-27(22(26)31)16-17-10-8-7-9-11-17/h7-11,14,19H,6,12-13,15-16H2,1-5H3/b18-14+/t19-,26-/m1/s1. The topological polar surface area (TPSA) is 120 Å². The van der Waals surface area contributed by atoms with Gasteiger partial charge >= 0.3 is 18.0 Å². The predicted molar refractivity (Wildman–Crippen MR) is 127 cm³/mol. The number of methoxy groups -OCH3 is 1. The molecule has 194 valence electrons. The third kappa shape index (κ3) is 5.27. The quantitative estimate of drug-likeness (QED) is 0.262. The number of carbonyl (C=O) groups is 5. The largest absolute Gasteiger partial charge is 0.466 e. The van der Waals surface area contributed by atoms with Crippen LogP contribution in [0.15, 0.2) is 42.0 Å².